The van der Waals surface area contributed by atoms with Gasteiger partial charge in [-0.15, -0.1) is 0 Å². The summed E-state index contributed by atoms with van der Waals surface area (Å²) in [4.78, 5) is 10.7. The molecule has 1 aromatic rings. The van der Waals surface area contributed by atoms with Gasteiger partial charge in [0.05, 0.1) is 5.60 Å². The summed E-state index contributed by atoms with van der Waals surface area (Å²) in [5.41, 5.74) is 1.02. The molecule has 4 heteroatoms. The highest BCUT2D eigenvalue weighted by molar-refractivity contribution is 5.74. The van der Waals surface area contributed by atoms with Crippen molar-refractivity contribution >= 4 is 5.97 Å². The molecule has 0 aliphatic rings. The van der Waals surface area contributed by atoms with E-state index in [9.17, 15) is 9.90 Å². The molecule has 0 radical (unpaired) electrons. The zero-order chi connectivity index (χ0) is 13.1. The summed E-state index contributed by atoms with van der Waals surface area (Å²) in [5, 5.41) is 18.2. The number of aliphatic carboxylic acids is 1. The van der Waals surface area contributed by atoms with Crippen molar-refractivity contribution < 1.29 is 19.7 Å². The number of aliphatic hydroxyl groups is 1. The van der Waals surface area contributed by atoms with Crippen LogP contribution in [0, 0.1) is 0 Å². The summed E-state index contributed by atoms with van der Waals surface area (Å²) < 4.78 is 5.31. The quantitative estimate of drug-likeness (QED) is 0.820. The number of hydrogen-bond donors (Lipinski definition) is 2. The molecule has 0 bridgehead atoms. The van der Waals surface area contributed by atoms with Crippen LogP contribution >= 0.6 is 0 Å². The number of ether oxygens (including phenoxy) is 1. The molecule has 0 aliphatic carbocycles. The van der Waals surface area contributed by atoms with Crippen LogP contribution in [-0.4, -0.2) is 28.9 Å². The van der Waals surface area contributed by atoms with Crippen molar-refractivity contribution in [2.24, 2.45) is 0 Å². The molecule has 1 rings (SSSR count). The number of carbonyl (C=O) groups is 1. The third-order valence-electron chi connectivity index (χ3n) is 2.68. The van der Waals surface area contributed by atoms with Crippen molar-refractivity contribution in [1.29, 1.82) is 0 Å². The van der Waals surface area contributed by atoms with Crippen molar-refractivity contribution in [2.45, 2.75) is 32.0 Å². The maximum Gasteiger partial charge on any atom is 0.337 e. The Morgan fingerprint density at radius 2 is 2.12 bits per heavy atom. The topological polar surface area (TPSA) is 66.8 Å². The molecule has 2 N–H and O–H groups in total. The summed E-state index contributed by atoms with van der Waals surface area (Å²) in [7, 11) is 1.63. The van der Waals surface area contributed by atoms with E-state index in [1.807, 2.05) is 19.9 Å². The Kier molecular flexibility index (Phi) is 4.26. The lowest BCUT2D eigenvalue weighted by atomic mass is 9.96. The van der Waals surface area contributed by atoms with Crippen LogP contribution in [0.1, 0.15) is 31.1 Å². The van der Waals surface area contributed by atoms with Gasteiger partial charge >= 0.3 is 5.97 Å². The number of carboxylic acid groups (broad SMARTS) is 1. The molecule has 1 aromatic carbocycles. The molecule has 0 saturated heterocycles. The lowest BCUT2D eigenvalue weighted by Gasteiger charge is -2.23. The van der Waals surface area contributed by atoms with E-state index in [1.165, 1.54) is 0 Å². The number of hydrogen-bond acceptors (Lipinski definition) is 3. The normalized spacial score (nSPS) is 13.4. The van der Waals surface area contributed by atoms with Gasteiger partial charge in [-0.05, 0) is 25.0 Å². The Morgan fingerprint density at radius 1 is 1.47 bits per heavy atom. The molecule has 1 atom stereocenters. The van der Waals surface area contributed by atoms with Gasteiger partial charge in [0.25, 0.3) is 0 Å². The molecule has 0 saturated carbocycles. The van der Waals surface area contributed by atoms with E-state index in [2.05, 4.69) is 0 Å². The Labute approximate surface area is 101 Å². The standard InChI is InChI=1S/C13H18O4/c1-13(2,17-3)8-9-5-4-6-10(7-9)11(14)12(15)16/h4-7,11,14H,8H2,1-3H3,(H,15,16). The molecule has 0 amide bonds. The SMILES string of the molecule is COC(C)(C)Cc1cccc(C(O)C(=O)O)c1. The fourth-order valence-electron chi connectivity index (χ4n) is 1.58. The molecule has 0 fully saturated rings. The van der Waals surface area contributed by atoms with Gasteiger partial charge in [-0.1, -0.05) is 24.3 Å². The van der Waals surface area contributed by atoms with E-state index < -0.39 is 12.1 Å². The van der Waals surface area contributed by atoms with Crippen molar-refractivity contribution in [3.05, 3.63) is 35.4 Å². The maximum atomic E-state index is 10.7. The summed E-state index contributed by atoms with van der Waals surface area (Å²) in [6.07, 6.45) is -0.815. The number of rotatable bonds is 5. The van der Waals surface area contributed by atoms with Crippen LogP contribution in [0.5, 0.6) is 0 Å². The van der Waals surface area contributed by atoms with Crippen LogP contribution in [0.25, 0.3) is 0 Å². The van der Waals surface area contributed by atoms with Gasteiger partial charge in [0, 0.05) is 13.5 Å². The Hall–Kier alpha value is -1.39. The van der Waals surface area contributed by atoms with Crippen LogP contribution in [-0.2, 0) is 16.0 Å². The van der Waals surface area contributed by atoms with Crippen molar-refractivity contribution in [3.8, 4) is 0 Å². The molecule has 0 aromatic heterocycles. The minimum atomic E-state index is -1.47. The zero-order valence-electron chi connectivity index (χ0n) is 10.3. The van der Waals surface area contributed by atoms with Gasteiger partial charge in [-0.3, -0.25) is 0 Å². The first-order chi connectivity index (χ1) is 7.85. The van der Waals surface area contributed by atoms with E-state index in [0.29, 0.717) is 12.0 Å². The Balaban J connectivity index is 2.90. The van der Waals surface area contributed by atoms with Crippen LogP contribution in [0.2, 0.25) is 0 Å². The highest BCUT2D eigenvalue weighted by Gasteiger charge is 2.19. The third kappa shape index (κ3) is 3.84. The second-order valence-corrected chi connectivity index (χ2v) is 4.63. The summed E-state index contributed by atoms with van der Waals surface area (Å²) in [6, 6.07) is 6.92. The monoisotopic (exact) mass is 238 g/mol. The van der Waals surface area contributed by atoms with Gasteiger partial charge in [0.1, 0.15) is 0 Å². The lowest BCUT2D eigenvalue weighted by molar-refractivity contribution is -0.146. The van der Waals surface area contributed by atoms with Gasteiger partial charge in [-0.25, -0.2) is 4.79 Å². The Morgan fingerprint density at radius 3 is 2.65 bits per heavy atom. The highest BCUT2D eigenvalue weighted by Crippen LogP contribution is 2.20. The largest absolute Gasteiger partial charge is 0.479 e. The van der Waals surface area contributed by atoms with Gasteiger partial charge < -0.3 is 14.9 Å². The summed E-state index contributed by atoms with van der Waals surface area (Å²) in [5.74, 6) is -1.24. The summed E-state index contributed by atoms with van der Waals surface area (Å²) >= 11 is 0. The van der Waals surface area contributed by atoms with E-state index >= 15 is 0 Å². The molecule has 0 heterocycles. The number of methoxy groups -OCH3 is 1. The number of carboxylic acids is 1. The van der Waals surface area contributed by atoms with Crippen LogP contribution < -0.4 is 0 Å². The summed E-state index contributed by atoms with van der Waals surface area (Å²) in [6.45, 7) is 3.90. The van der Waals surface area contributed by atoms with Gasteiger partial charge in [0.2, 0.25) is 0 Å². The van der Waals surface area contributed by atoms with Crippen LogP contribution in [0.4, 0.5) is 0 Å². The molecular formula is C13H18O4. The van der Waals surface area contributed by atoms with Crippen molar-refractivity contribution in [1.82, 2.24) is 0 Å². The second kappa shape index (κ2) is 5.29. The first-order valence-corrected chi connectivity index (χ1v) is 5.40. The highest BCUT2D eigenvalue weighted by atomic mass is 16.5. The third-order valence-corrected chi connectivity index (χ3v) is 2.68. The molecule has 0 spiro atoms. The fourth-order valence-corrected chi connectivity index (χ4v) is 1.58. The van der Waals surface area contributed by atoms with Crippen LogP contribution in [0.15, 0.2) is 24.3 Å². The van der Waals surface area contributed by atoms with E-state index in [0.717, 1.165) is 5.56 Å². The van der Waals surface area contributed by atoms with Crippen molar-refractivity contribution in [3.63, 3.8) is 0 Å². The van der Waals surface area contributed by atoms with E-state index in [-0.39, 0.29) is 5.60 Å². The smallest absolute Gasteiger partial charge is 0.337 e. The molecule has 94 valence electrons. The lowest BCUT2D eigenvalue weighted by Crippen LogP contribution is -2.25. The predicted molar refractivity (Wildman–Crippen MR) is 63.8 cm³/mol. The predicted octanol–water partition coefficient (Wildman–Crippen LogP) is 1.77. The van der Waals surface area contributed by atoms with Gasteiger partial charge in [-0.2, -0.15) is 0 Å². The minimum Gasteiger partial charge on any atom is -0.479 e. The average molecular weight is 238 g/mol. The molecule has 4 nitrogen and oxygen atoms in total. The second-order valence-electron chi connectivity index (χ2n) is 4.63. The van der Waals surface area contributed by atoms with E-state index in [1.54, 1.807) is 25.3 Å². The Bertz CT molecular complexity index is 398. The number of benzene rings is 1. The maximum absolute atomic E-state index is 10.7. The van der Waals surface area contributed by atoms with Crippen LogP contribution in [0.3, 0.4) is 0 Å². The van der Waals surface area contributed by atoms with Crippen molar-refractivity contribution in [2.75, 3.05) is 7.11 Å². The average Bonchev–Trinajstić information content (AvgIpc) is 2.27. The molecule has 0 aliphatic heterocycles. The first-order valence-electron chi connectivity index (χ1n) is 5.40. The molecular weight excluding hydrogens is 220 g/mol. The number of aliphatic hydroxyl groups excluding tert-OH is 1. The zero-order valence-corrected chi connectivity index (χ0v) is 10.3. The molecule has 1 unspecified atom stereocenters. The first kappa shape index (κ1) is 13.7. The van der Waals surface area contributed by atoms with Gasteiger partial charge in [0.15, 0.2) is 6.10 Å². The van der Waals surface area contributed by atoms with E-state index in [4.69, 9.17) is 9.84 Å². The molecule has 17 heavy (non-hydrogen) atoms. The minimum absolute atomic E-state index is 0.313. The fraction of sp³-hybridized carbons (Fsp3) is 0.462.